The summed E-state index contributed by atoms with van der Waals surface area (Å²) in [5.74, 6) is -0.723. The van der Waals surface area contributed by atoms with E-state index >= 15 is 0 Å². The predicted octanol–water partition coefficient (Wildman–Crippen LogP) is 3.28. The summed E-state index contributed by atoms with van der Waals surface area (Å²) in [5, 5.41) is 4.21. The zero-order valence-corrected chi connectivity index (χ0v) is 17.2. The van der Waals surface area contributed by atoms with Gasteiger partial charge in [0.2, 0.25) is 10.0 Å². The van der Waals surface area contributed by atoms with E-state index in [2.05, 4.69) is 5.16 Å². The molecule has 156 valence electrons. The van der Waals surface area contributed by atoms with Gasteiger partial charge in [0.1, 0.15) is 5.82 Å². The number of hydrogen-bond donors (Lipinski definition) is 0. The predicted molar refractivity (Wildman–Crippen MR) is 108 cm³/mol. The number of amides is 1. The summed E-state index contributed by atoms with van der Waals surface area (Å²) in [5.41, 5.74) is 0.255. The lowest BCUT2D eigenvalue weighted by Crippen LogP contribution is -2.50. The second-order valence-corrected chi connectivity index (χ2v) is 9.08. The summed E-state index contributed by atoms with van der Waals surface area (Å²) in [6, 6.07) is 13.4. The number of benzene rings is 2. The molecule has 1 aliphatic heterocycles. The molecule has 2 heterocycles. The number of piperazine rings is 1. The van der Waals surface area contributed by atoms with Crippen LogP contribution in [0.25, 0.3) is 11.3 Å². The second kappa shape index (κ2) is 8.17. The Morgan fingerprint density at radius 3 is 2.37 bits per heavy atom. The number of rotatable bonds is 4. The van der Waals surface area contributed by atoms with Crippen LogP contribution in [-0.4, -0.2) is 54.9 Å². The molecule has 4 rings (SSSR count). The van der Waals surface area contributed by atoms with Gasteiger partial charge in [-0.2, -0.15) is 4.31 Å². The maximum atomic E-state index is 13.9. The minimum Gasteiger partial charge on any atom is -0.355 e. The molecule has 1 saturated heterocycles. The van der Waals surface area contributed by atoms with E-state index in [1.807, 2.05) is 0 Å². The molecule has 0 saturated carbocycles. The van der Waals surface area contributed by atoms with Crippen molar-refractivity contribution >= 4 is 27.5 Å². The quantitative estimate of drug-likeness (QED) is 0.610. The van der Waals surface area contributed by atoms with E-state index in [1.165, 1.54) is 51.7 Å². The number of carbonyl (C=O) groups is 1. The first-order chi connectivity index (χ1) is 14.4. The average molecular weight is 450 g/mol. The lowest BCUT2D eigenvalue weighted by molar-refractivity contribution is 0.0687. The van der Waals surface area contributed by atoms with Gasteiger partial charge in [0.15, 0.2) is 11.5 Å². The van der Waals surface area contributed by atoms with Crippen molar-refractivity contribution in [2.45, 2.75) is 4.90 Å². The Kier molecular flexibility index (Phi) is 5.59. The monoisotopic (exact) mass is 449 g/mol. The minimum atomic E-state index is -3.67. The van der Waals surface area contributed by atoms with E-state index in [0.717, 1.165) is 0 Å². The number of carbonyl (C=O) groups excluding carboxylic acids is 1. The lowest BCUT2D eigenvalue weighted by Gasteiger charge is -2.33. The van der Waals surface area contributed by atoms with Gasteiger partial charge in [-0.25, -0.2) is 12.8 Å². The van der Waals surface area contributed by atoms with Crippen molar-refractivity contribution in [2.24, 2.45) is 0 Å². The van der Waals surface area contributed by atoms with Crippen LogP contribution in [0.5, 0.6) is 0 Å². The van der Waals surface area contributed by atoms with Crippen LogP contribution >= 0.6 is 11.6 Å². The maximum Gasteiger partial charge on any atom is 0.276 e. The van der Waals surface area contributed by atoms with Gasteiger partial charge in [0.25, 0.3) is 5.91 Å². The molecule has 0 N–H and O–H groups in total. The number of nitrogens with zero attached hydrogens (tertiary/aromatic N) is 3. The Labute approximate surface area is 177 Å². The fourth-order valence-electron chi connectivity index (χ4n) is 3.21. The third-order valence-electron chi connectivity index (χ3n) is 4.85. The van der Waals surface area contributed by atoms with Crippen LogP contribution < -0.4 is 0 Å². The van der Waals surface area contributed by atoms with Crippen molar-refractivity contribution in [3.05, 3.63) is 71.1 Å². The average Bonchev–Trinajstić information content (AvgIpc) is 3.24. The molecular weight excluding hydrogens is 433 g/mol. The fraction of sp³-hybridized carbons (Fsp3) is 0.200. The SMILES string of the molecule is O=C(c1cc(-c2ccccc2F)on1)N1CCN(S(=O)(=O)c2ccc(Cl)cc2)CC1. The van der Waals surface area contributed by atoms with Gasteiger partial charge in [-0.3, -0.25) is 4.79 Å². The minimum absolute atomic E-state index is 0.0438. The first-order valence-corrected chi connectivity index (χ1v) is 10.9. The lowest BCUT2D eigenvalue weighted by atomic mass is 10.1. The van der Waals surface area contributed by atoms with Gasteiger partial charge in [0, 0.05) is 37.3 Å². The van der Waals surface area contributed by atoms with Crippen LogP contribution in [0.1, 0.15) is 10.5 Å². The van der Waals surface area contributed by atoms with Gasteiger partial charge >= 0.3 is 0 Å². The molecule has 1 amide bonds. The summed E-state index contributed by atoms with van der Waals surface area (Å²) >= 11 is 5.82. The summed E-state index contributed by atoms with van der Waals surface area (Å²) in [7, 11) is -3.67. The van der Waals surface area contributed by atoms with Gasteiger partial charge < -0.3 is 9.42 Å². The third-order valence-corrected chi connectivity index (χ3v) is 7.01. The molecular formula is C20H17ClFN3O4S. The number of aromatic nitrogens is 1. The van der Waals surface area contributed by atoms with Crippen molar-refractivity contribution in [1.82, 2.24) is 14.4 Å². The van der Waals surface area contributed by atoms with E-state index < -0.39 is 21.7 Å². The third kappa shape index (κ3) is 3.96. The molecule has 0 spiro atoms. The summed E-state index contributed by atoms with van der Waals surface area (Å²) in [4.78, 5) is 14.4. The first kappa shape index (κ1) is 20.5. The Balaban J connectivity index is 1.44. The molecule has 1 aliphatic rings. The summed E-state index contributed by atoms with van der Waals surface area (Å²) in [6.07, 6.45) is 0. The Morgan fingerprint density at radius 2 is 1.70 bits per heavy atom. The fourth-order valence-corrected chi connectivity index (χ4v) is 4.76. The largest absolute Gasteiger partial charge is 0.355 e. The maximum absolute atomic E-state index is 13.9. The summed E-state index contributed by atoms with van der Waals surface area (Å²) < 4.78 is 45.9. The van der Waals surface area contributed by atoms with Crippen LogP contribution in [0.3, 0.4) is 0 Å². The van der Waals surface area contributed by atoms with Crippen LogP contribution in [0.15, 0.2) is 64.0 Å². The van der Waals surface area contributed by atoms with Crippen LogP contribution in [0, 0.1) is 5.82 Å². The van der Waals surface area contributed by atoms with Gasteiger partial charge in [-0.1, -0.05) is 28.9 Å². The highest BCUT2D eigenvalue weighted by molar-refractivity contribution is 7.89. The van der Waals surface area contributed by atoms with E-state index in [0.29, 0.717) is 5.02 Å². The number of sulfonamides is 1. The van der Waals surface area contributed by atoms with Crippen LogP contribution in [0.4, 0.5) is 4.39 Å². The van der Waals surface area contributed by atoms with Gasteiger partial charge in [-0.15, -0.1) is 0 Å². The second-order valence-electron chi connectivity index (χ2n) is 6.71. The van der Waals surface area contributed by atoms with Crippen LogP contribution in [-0.2, 0) is 10.0 Å². The van der Waals surface area contributed by atoms with Crippen molar-refractivity contribution in [2.75, 3.05) is 26.2 Å². The number of hydrogen-bond acceptors (Lipinski definition) is 5. The molecule has 1 fully saturated rings. The standard InChI is InChI=1S/C20H17ClFN3O4S/c21-14-5-7-15(8-6-14)30(27,28)25-11-9-24(10-12-25)20(26)18-13-19(29-23-18)16-3-1-2-4-17(16)22/h1-8,13H,9-12H2. The van der Waals surface area contributed by atoms with E-state index in [1.54, 1.807) is 12.1 Å². The van der Waals surface area contributed by atoms with Crippen molar-refractivity contribution in [1.29, 1.82) is 0 Å². The van der Waals surface area contributed by atoms with Crippen molar-refractivity contribution < 1.29 is 22.1 Å². The molecule has 0 aliphatic carbocycles. The zero-order valence-electron chi connectivity index (χ0n) is 15.7. The Morgan fingerprint density at radius 1 is 1.03 bits per heavy atom. The molecule has 10 heteroatoms. The highest BCUT2D eigenvalue weighted by Gasteiger charge is 2.31. The van der Waals surface area contributed by atoms with E-state index in [4.69, 9.17) is 16.1 Å². The van der Waals surface area contributed by atoms with Crippen molar-refractivity contribution in [3.63, 3.8) is 0 Å². The highest BCUT2D eigenvalue weighted by atomic mass is 35.5. The molecule has 0 atom stereocenters. The smallest absolute Gasteiger partial charge is 0.276 e. The van der Waals surface area contributed by atoms with Gasteiger partial charge in [-0.05, 0) is 36.4 Å². The van der Waals surface area contributed by atoms with E-state index in [-0.39, 0.29) is 48.1 Å². The Bertz CT molecular complexity index is 1170. The topological polar surface area (TPSA) is 83.7 Å². The molecule has 30 heavy (non-hydrogen) atoms. The zero-order chi connectivity index (χ0) is 21.3. The van der Waals surface area contributed by atoms with Gasteiger partial charge in [0.05, 0.1) is 10.5 Å². The first-order valence-electron chi connectivity index (χ1n) is 9.13. The molecule has 0 bridgehead atoms. The normalized spacial score (nSPS) is 15.3. The summed E-state index contributed by atoms with van der Waals surface area (Å²) in [6.45, 7) is 0.699. The van der Waals surface area contributed by atoms with E-state index in [9.17, 15) is 17.6 Å². The molecule has 0 radical (unpaired) electrons. The molecule has 3 aromatic rings. The molecule has 2 aromatic carbocycles. The Hall–Kier alpha value is -2.75. The molecule has 7 nitrogen and oxygen atoms in total. The molecule has 1 aromatic heterocycles. The van der Waals surface area contributed by atoms with Crippen molar-refractivity contribution in [3.8, 4) is 11.3 Å². The molecule has 0 unspecified atom stereocenters. The highest BCUT2D eigenvalue weighted by Crippen LogP contribution is 2.24. The number of halogens is 2. The van der Waals surface area contributed by atoms with Crippen LogP contribution in [0.2, 0.25) is 5.02 Å².